The predicted octanol–water partition coefficient (Wildman–Crippen LogP) is 8.37. The van der Waals surface area contributed by atoms with Gasteiger partial charge in [0, 0.05) is 33.9 Å². The van der Waals surface area contributed by atoms with Gasteiger partial charge in [-0.2, -0.15) is 0 Å². The molecule has 0 spiro atoms. The number of pyridine rings is 1. The number of benzene rings is 2. The predicted molar refractivity (Wildman–Crippen MR) is 151 cm³/mol. The molecule has 2 aromatic heterocycles. The zero-order valence-corrected chi connectivity index (χ0v) is 22.3. The van der Waals surface area contributed by atoms with Crippen LogP contribution in [0.5, 0.6) is 0 Å². The lowest BCUT2D eigenvalue weighted by molar-refractivity contribution is 0.102. The Morgan fingerprint density at radius 2 is 1.72 bits per heavy atom. The molecule has 0 aliphatic carbocycles. The van der Waals surface area contributed by atoms with E-state index in [1.807, 2.05) is 42.6 Å². The highest BCUT2D eigenvalue weighted by Gasteiger charge is 2.19. The second kappa shape index (κ2) is 12.6. The van der Waals surface area contributed by atoms with Crippen LogP contribution in [0.3, 0.4) is 0 Å². The van der Waals surface area contributed by atoms with E-state index in [0.29, 0.717) is 11.6 Å². The number of rotatable bonds is 11. The first-order valence-corrected chi connectivity index (χ1v) is 13.8. The van der Waals surface area contributed by atoms with E-state index < -0.39 is 0 Å². The van der Waals surface area contributed by atoms with E-state index in [1.165, 1.54) is 11.3 Å². The van der Waals surface area contributed by atoms with Crippen LogP contribution < -0.4 is 5.32 Å². The summed E-state index contributed by atoms with van der Waals surface area (Å²) in [6.45, 7) is 6.33. The van der Waals surface area contributed by atoms with Crippen molar-refractivity contribution in [2.75, 3.05) is 5.32 Å². The van der Waals surface area contributed by atoms with Crippen LogP contribution in [0, 0.1) is 13.8 Å². The molecule has 0 aliphatic rings. The lowest BCUT2D eigenvalue weighted by Gasteiger charge is -2.13. The maximum absolute atomic E-state index is 13.1. The van der Waals surface area contributed by atoms with Crippen LogP contribution in [0.15, 0.2) is 72.1 Å². The van der Waals surface area contributed by atoms with Crippen molar-refractivity contribution < 1.29 is 4.79 Å². The fraction of sp³-hybridized carbons (Fsp3) is 0.323. The highest BCUT2D eigenvalue weighted by Crippen LogP contribution is 2.31. The van der Waals surface area contributed by atoms with Crippen molar-refractivity contribution in [3.8, 4) is 11.1 Å². The number of hydrogen-bond acceptors (Lipinski definition) is 4. The molecule has 0 aliphatic heterocycles. The molecule has 1 N–H and O–H groups in total. The van der Waals surface area contributed by atoms with E-state index in [9.17, 15) is 4.79 Å². The zero-order valence-electron chi connectivity index (χ0n) is 21.5. The number of nitrogens with zero attached hydrogens (tertiary/aromatic N) is 2. The van der Waals surface area contributed by atoms with Crippen LogP contribution in [-0.4, -0.2) is 15.9 Å². The highest BCUT2D eigenvalue weighted by molar-refractivity contribution is 7.10. The van der Waals surface area contributed by atoms with E-state index >= 15 is 0 Å². The minimum Gasteiger partial charge on any atom is -0.320 e. The quantitative estimate of drug-likeness (QED) is 0.212. The first-order chi connectivity index (χ1) is 17.5. The van der Waals surface area contributed by atoms with Crippen molar-refractivity contribution in [2.45, 2.75) is 65.2 Å². The molecular weight excluding hydrogens is 462 g/mol. The molecule has 0 bridgehead atoms. The van der Waals surface area contributed by atoms with E-state index in [1.54, 1.807) is 11.3 Å². The summed E-state index contributed by atoms with van der Waals surface area (Å²) in [5, 5.41) is 6.07. The molecule has 4 nitrogen and oxygen atoms in total. The van der Waals surface area contributed by atoms with Crippen LogP contribution in [0.25, 0.3) is 11.1 Å². The number of aromatic nitrogens is 2. The monoisotopic (exact) mass is 497 g/mol. The Balaban J connectivity index is 1.39. The Bertz CT molecular complexity index is 1280. The van der Waals surface area contributed by atoms with E-state index in [2.05, 4.69) is 60.5 Å². The Morgan fingerprint density at radius 1 is 0.917 bits per heavy atom. The van der Waals surface area contributed by atoms with Crippen molar-refractivity contribution >= 4 is 22.9 Å². The van der Waals surface area contributed by atoms with Gasteiger partial charge in [-0.05, 0) is 63.3 Å². The number of carbonyl (C=O) groups excluding carboxylic acids is 1. The molecule has 1 unspecified atom stereocenters. The molecular formula is C31H35N3OS. The minimum absolute atomic E-state index is 0.155. The van der Waals surface area contributed by atoms with Gasteiger partial charge in [0.05, 0.1) is 5.01 Å². The lowest BCUT2D eigenvalue weighted by atomic mass is 9.96. The number of unbranched alkanes of at least 4 members (excludes halogenated alkanes) is 1. The van der Waals surface area contributed by atoms with Crippen LogP contribution in [0.1, 0.15) is 77.4 Å². The van der Waals surface area contributed by atoms with Gasteiger partial charge in [0.25, 0.3) is 5.91 Å². The molecule has 2 aromatic carbocycles. The number of para-hydroxylation sites is 1. The van der Waals surface area contributed by atoms with Gasteiger partial charge in [0.2, 0.25) is 0 Å². The van der Waals surface area contributed by atoms with Gasteiger partial charge in [0.15, 0.2) is 0 Å². The SMILES string of the molecule is CCCC(CCCCc1cccc(C)n1)c1nc(C(=O)Nc2ccccc2-c2ccc(C)cc2)cs1. The van der Waals surface area contributed by atoms with Crippen molar-refractivity contribution in [2.24, 2.45) is 0 Å². The Kier molecular flexibility index (Phi) is 9.01. The second-order valence-corrected chi connectivity index (χ2v) is 10.3. The van der Waals surface area contributed by atoms with Gasteiger partial charge >= 0.3 is 0 Å². The maximum Gasteiger partial charge on any atom is 0.275 e. The molecule has 1 amide bonds. The largest absolute Gasteiger partial charge is 0.320 e. The summed E-state index contributed by atoms with van der Waals surface area (Å²) in [6.07, 6.45) is 6.54. The Hall–Kier alpha value is -3.31. The lowest BCUT2D eigenvalue weighted by Crippen LogP contribution is -2.13. The molecule has 1 atom stereocenters. The Labute approximate surface area is 218 Å². The Morgan fingerprint density at radius 3 is 2.50 bits per heavy atom. The molecule has 5 heteroatoms. The number of hydrogen-bond donors (Lipinski definition) is 1. The van der Waals surface area contributed by atoms with E-state index in [4.69, 9.17) is 4.98 Å². The number of thiazole rings is 1. The fourth-order valence-corrected chi connectivity index (χ4v) is 5.49. The second-order valence-electron chi connectivity index (χ2n) is 9.44. The van der Waals surface area contributed by atoms with Crippen LogP contribution >= 0.6 is 11.3 Å². The van der Waals surface area contributed by atoms with Crippen LogP contribution in [0.2, 0.25) is 0 Å². The van der Waals surface area contributed by atoms with Crippen molar-refractivity contribution in [1.29, 1.82) is 0 Å². The third-order valence-electron chi connectivity index (χ3n) is 6.46. The number of anilines is 1. The van der Waals surface area contributed by atoms with Gasteiger partial charge in [-0.15, -0.1) is 11.3 Å². The third-order valence-corrected chi connectivity index (χ3v) is 7.47. The first-order valence-electron chi connectivity index (χ1n) is 12.9. The molecule has 186 valence electrons. The van der Waals surface area contributed by atoms with Gasteiger partial charge in [-0.25, -0.2) is 4.98 Å². The summed E-state index contributed by atoms with van der Waals surface area (Å²) < 4.78 is 0. The average Bonchev–Trinajstić information content (AvgIpc) is 3.37. The van der Waals surface area contributed by atoms with Gasteiger partial charge < -0.3 is 5.32 Å². The molecule has 0 saturated carbocycles. The topological polar surface area (TPSA) is 54.9 Å². The average molecular weight is 498 g/mol. The van der Waals surface area contributed by atoms with Gasteiger partial charge in [0.1, 0.15) is 5.69 Å². The van der Waals surface area contributed by atoms with Gasteiger partial charge in [-0.3, -0.25) is 9.78 Å². The normalized spacial score (nSPS) is 11.9. The molecule has 36 heavy (non-hydrogen) atoms. The van der Waals surface area contributed by atoms with Crippen LogP contribution in [0.4, 0.5) is 5.69 Å². The smallest absolute Gasteiger partial charge is 0.275 e. The maximum atomic E-state index is 13.1. The number of carbonyl (C=O) groups is 1. The highest BCUT2D eigenvalue weighted by atomic mass is 32.1. The molecule has 0 fully saturated rings. The van der Waals surface area contributed by atoms with Crippen LogP contribution in [-0.2, 0) is 6.42 Å². The fourth-order valence-electron chi connectivity index (χ4n) is 4.52. The van der Waals surface area contributed by atoms with E-state index in [-0.39, 0.29) is 5.91 Å². The van der Waals surface area contributed by atoms with Gasteiger partial charge in [-0.1, -0.05) is 73.9 Å². The summed E-state index contributed by atoms with van der Waals surface area (Å²) in [5.41, 5.74) is 6.85. The number of amides is 1. The first kappa shape index (κ1) is 25.8. The minimum atomic E-state index is -0.155. The van der Waals surface area contributed by atoms with Crippen molar-refractivity contribution in [3.05, 3.63) is 99.8 Å². The van der Waals surface area contributed by atoms with E-state index in [0.717, 1.165) is 66.0 Å². The summed E-state index contributed by atoms with van der Waals surface area (Å²) >= 11 is 1.61. The summed E-state index contributed by atoms with van der Waals surface area (Å²) in [7, 11) is 0. The van der Waals surface area contributed by atoms with Crippen molar-refractivity contribution in [3.63, 3.8) is 0 Å². The molecule has 0 saturated heterocycles. The third kappa shape index (κ3) is 6.88. The molecule has 2 heterocycles. The van der Waals surface area contributed by atoms with Crippen molar-refractivity contribution in [1.82, 2.24) is 9.97 Å². The summed E-state index contributed by atoms with van der Waals surface area (Å²) in [5.74, 6) is 0.240. The summed E-state index contributed by atoms with van der Waals surface area (Å²) in [4.78, 5) is 22.5. The zero-order chi connectivity index (χ0) is 25.3. The standard InChI is InChI=1S/C31H35N3OS/c1-4-10-25(12-5-6-13-26-14-9-11-23(3)32-26)31-34-29(21-36-31)30(35)33-28-16-8-7-15-27(28)24-19-17-22(2)18-20-24/h7-9,11,14-21,25H,4-6,10,12-13H2,1-3H3,(H,33,35). The molecule has 0 radical (unpaired) electrons. The summed E-state index contributed by atoms with van der Waals surface area (Å²) in [6, 6.07) is 22.5. The number of nitrogens with one attached hydrogen (secondary N) is 1. The molecule has 4 aromatic rings. The molecule has 4 rings (SSSR count). The number of aryl methyl sites for hydroxylation is 3.